The lowest BCUT2D eigenvalue weighted by atomic mass is 9.69. The number of aliphatic hydroxyl groups is 1. The summed E-state index contributed by atoms with van der Waals surface area (Å²) in [5, 5.41) is 9.75. The fourth-order valence-electron chi connectivity index (χ4n) is 5.67. The number of carbonyl (C=O) groups is 1. The summed E-state index contributed by atoms with van der Waals surface area (Å²) < 4.78 is 0. The Hall–Kier alpha value is -1.50. The summed E-state index contributed by atoms with van der Waals surface area (Å²) in [6, 6.07) is 4.77. The summed E-state index contributed by atoms with van der Waals surface area (Å²) in [5.74, 6) is 0.404. The predicted molar refractivity (Wildman–Crippen MR) is 118 cm³/mol. The standard InChI is InChI=1S/C24H38N4O2/c1-26(18-24(19-29)9-4-10-24)23(30)21-6-3-12-28(17-21)22-7-13-27(14-8-22)16-20-5-2-11-25-15-20/h2,5,11,15,21-22,29H,3-4,6-10,12-14,16-19H2,1H3. The number of hydrogen-bond donors (Lipinski definition) is 1. The molecule has 0 bridgehead atoms. The summed E-state index contributed by atoms with van der Waals surface area (Å²) in [7, 11) is 1.94. The minimum Gasteiger partial charge on any atom is -0.396 e. The van der Waals surface area contributed by atoms with Crippen LogP contribution in [0.2, 0.25) is 0 Å². The summed E-state index contributed by atoms with van der Waals surface area (Å²) in [6.07, 6.45) is 11.6. The van der Waals surface area contributed by atoms with Crippen LogP contribution in [0.5, 0.6) is 0 Å². The molecule has 6 heteroatoms. The smallest absolute Gasteiger partial charge is 0.226 e. The molecule has 1 amide bonds. The van der Waals surface area contributed by atoms with Crippen LogP contribution >= 0.6 is 0 Å². The second-order valence-electron chi connectivity index (χ2n) is 9.91. The number of likely N-dealkylation sites (tertiary alicyclic amines) is 2. The van der Waals surface area contributed by atoms with Crippen molar-refractivity contribution in [1.29, 1.82) is 0 Å². The third-order valence-electron chi connectivity index (χ3n) is 7.70. The van der Waals surface area contributed by atoms with Crippen molar-refractivity contribution >= 4 is 5.91 Å². The van der Waals surface area contributed by atoms with Crippen molar-refractivity contribution in [2.24, 2.45) is 11.3 Å². The highest BCUT2D eigenvalue weighted by molar-refractivity contribution is 5.79. The lowest BCUT2D eigenvalue weighted by molar-refractivity contribution is -0.139. The largest absolute Gasteiger partial charge is 0.396 e. The van der Waals surface area contributed by atoms with E-state index >= 15 is 0 Å². The van der Waals surface area contributed by atoms with Crippen molar-refractivity contribution in [3.8, 4) is 0 Å². The van der Waals surface area contributed by atoms with E-state index in [0.717, 1.165) is 58.4 Å². The molecule has 1 aromatic heterocycles. The second-order valence-corrected chi connectivity index (χ2v) is 9.91. The minimum atomic E-state index is -0.0279. The topological polar surface area (TPSA) is 59.9 Å². The number of rotatable bonds is 7. The van der Waals surface area contributed by atoms with E-state index in [9.17, 15) is 9.90 Å². The van der Waals surface area contributed by atoms with Crippen LogP contribution in [-0.4, -0.2) is 83.1 Å². The van der Waals surface area contributed by atoms with Crippen LogP contribution in [0.15, 0.2) is 24.5 Å². The zero-order chi connectivity index (χ0) is 21.0. The first-order valence-electron chi connectivity index (χ1n) is 11.8. The van der Waals surface area contributed by atoms with Gasteiger partial charge in [-0.1, -0.05) is 12.5 Å². The van der Waals surface area contributed by atoms with Gasteiger partial charge in [0.25, 0.3) is 0 Å². The third-order valence-corrected chi connectivity index (χ3v) is 7.70. The molecule has 0 aromatic carbocycles. The van der Waals surface area contributed by atoms with Gasteiger partial charge in [0.05, 0.1) is 12.5 Å². The molecule has 1 N–H and O–H groups in total. The van der Waals surface area contributed by atoms with E-state index in [1.54, 1.807) is 0 Å². The molecule has 30 heavy (non-hydrogen) atoms. The zero-order valence-corrected chi connectivity index (χ0v) is 18.5. The Morgan fingerprint density at radius 3 is 2.67 bits per heavy atom. The number of amides is 1. The molecule has 4 rings (SSSR count). The van der Waals surface area contributed by atoms with Crippen LogP contribution in [0.1, 0.15) is 50.5 Å². The lowest BCUT2D eigenvalue weighted by Gasteiger charge is -2.45. The Morgan fingerprint density at radius 2 is 2.03 bits per heavy atom. The molecule has 166 valence electrons. The van der Waals surface area contributed by atoms with Gasteiger partial charge in [-0.25, -0.2) is 0 Å². The molecule has 2 aliphatic heterocycles. The van der Waals surface area contributed by atoms with E-state index in [4.69, 9.17) is 0 Å². The molecule has 3 aliphatic rings. The Morgan fingerprint density at radius 1 is 1.23 bits per heavy atom. The molecule has 3 heterocycles. The van der Waals surface area contributed by atoms with Gasteiger partial charge in [0, 0.05) is 50.5 Å². The molecule has 0 spiro atoms. The zero-order valence-electron chi connectivity index (χ0n) is 18.5. The lowest BCUT2D eigenvalue weighted by Crippen LogP contribution is -2.52. The number of hydrogen-bond acceptors (Lipinski definition) is 5. The van der Waals surface area contributed by atoms with Crippen molar-refractivity contribution in [1.82, 2.24) is 19.7 Å². The molecular weight excluding hydrogens is 376 g/mol. The molecular formula is C24H38N4O2. The SMILES string of the molecule is CN(CC1(CO)CCC1)C(=O)C1CCCN(C2CCN(Cc3cccnc3)CC2)C1. The summed E-state index contributed by atoms with van der Waals surface area (Å²) in [4.78, 5) is 24.4. The Kier molecular flexibility index (Phi) is 7.06. The molecule has 0 radical (unpaired) electrons. The van der Waals surface area contributed by atoms with Crippen LogP contribution in [0.25, 0.3) is 0 Å². The second kappa shape index (κ2) is 9.75. The van der Waals surface area contributed by atoms with Crippen LogP contribution < -0.4 is 0 Å². The number of aliphatic hydroxyl groups excluding tert-OH is 1. The van der Waals surface area contributed by atoms with Gasteiger partial charge in [0.1, 0.15) is 0 Å². The van der Waals surface area contributed by atoms with Crippen LogP contribution in [0, 0.1) is 11.3 Å². The highest BCUT2D eigenvalue weighted by atomic mass is 16.3. The maximum absolute atomic E-state index is 13.1. The van der Waals surface area contributed by atoms with Gasteiger partial charge < -0.3 is 10.0 Å². The van der Waals surface area contributed by atoms with Gasteiger partial charge >= 0.3 is 0 Å². The number of carbonyl (C=O) groups excluding carboxylic acids is 1. The normalized spacial score (nSPS) is 25.6. The van der Waals surface area contributed by atoms with Gasteiger partial charge in [-0.05, 0) is 69.8 Å². The molecule has 1 unspecified atom stereocenters. The minimum absolute atomic E-state index is 0.0279. The molecule has 1 atom stereocenters. The summed E-state index contributed by atoms with van der Waals surface area (Å²) >= 11 is 0. The predicted octanol–water partition coefficient (Wildman–Crippen LogP) is 2.38. The van der Waals surface area contributed by atoms with E-state index in [2.05, 4.69) is 20.9 Å². The number of nitrogens with zero attached hydrogens (tertiary/aromatic N) is 4. The molecule has 1 aliphatic carbocycles. The highest BCUT2D eigenvalue weighted by Crippen LogP contribution is 2.41. The fraction of sp³-hybridized carbons (Fsp3) is 0.750. The fourth-order valence-corrected chi connectivity index (χ4v) is 5.67. The van der Waals surface area contributed by atoms with Crippen molar-refractivity contribution in [3.05, 3.63) is 30.1 Å². The summed E-state index contributed by atoms with van der Waals surface area (Å²) in [6.45, 7) is 6.18. The van der Waals surface area contributed by atoms with Gasteiger partial charge in [-0.3, -0.25) is 19.6 Å². The van der Waals surface area contributed by atoms with Gasteiger partial charge in [0.2, 0.25) is 5.91 Å². The number of aromatic nitrogens is 1. The van der Waals surface area contributed by atoms with Crippen LogP contribution in [0.4, 0.5) is 0 Å². The molecule has 3 fully saturated rings. The first-order chi connectivity index (χ1) is 14.6. The Bertz CT molecular complexity index is 680. The van der Waals surface area contributed by atoms with Crippen molar-refractivity contribution < 1.29 is 9.90 Å². The maximum Gasteiger partial charge on any atom is 0.226 e. The first-order valence-corrected chi connectivity index (χ1v) is 11.8. The monoisotopic (exact) mass is 414 g/mol. The van der Waals surface area contributed by atoms with Crippen LogP contribution in [0.3, 0.4) is 0 Å². The number of pyridine rings is 1. The van der Waals surface area contributed by atoms with E-state index in [0.29, 0.717) is 12.6 Å². The third kappa shape index (κ3) is 5.04. The van der Waals surface area contributed by atoms with E-state index < -0.39 is 0 Å². The van der Waals surface area contributed by atoms with E-state index in [1.807, 2.05) is 30.4 Å². The van der Waals surface area contributed by atoms with Gasteiger partial charge in [-0.15, -0.1) is 0 Å². The Labute approximate surface area is 181 Å². The number of piperidine rings is 2. The summed E-state index contributed by atoms with van der Waals surface area (Å²) in [5.41, 5.74) is 1.26. The highest BCUT2D eigenvalue weighted by Gasteiger charge is 2.40. The Balaban J connectivity index is 1.25. The molecule has 6 nitrogen and oxygen atoms in total. The molecule has 1 saturated carbocycles. The van der Waals surface area contributed by atoms with Crippen molar-refractivity contribution in [2.45, 2.75) is 57.5 Å². The van der Waals surface area contributed by atoms with Crippen molar-refractivity contribution in [2.75, 3.05) is 46.4 Å². The van der Waals surface area contributed by atoms with Crippen LogP contribution in [-0.2, 0) is 11.3 Å². The van der Waals surface area contributed by atoms with Crippen molar-refractivity contribution in [3.63, 3.8) is 0 Å². The van der Waals surface area contributed by atoms with Gasteiger partial charge in [0.15, 0.2) is 0 Å². The van der Waals surface area contributed by atoms with E-state index in [1.165, 1.54) is 24.8 Å². The first kappa shape index (κ1) is 21.7. The average Bonchev–Trinajstić information content (AvgIpc) is 2.77. The average molecular weight is 415 g/mol. The quantitative estimate of drug-likeness (QED) is 0.742. The molecule has 1 aromatic rings. The molecule has 2 saturated heterocycles. The van der Waals surface area contributed by atoms with E-state index in [-0.39, 0.29) is 23.8 Å². The van der Waals surface area contributed by atoms with Gasteiger partial charge in [-0.2, -0.15) is 0 Å². The maximum atomic E-state index is 13.1.